The lowest BCUT2D eigenvalue weighted by Gasteiger charge is -2.27. The van der Waals surface area contributed by atoms with Crippen molar-refractivity contribution in [2.45, 2.75) is 33.3 Å². The minimum atomic E-state index is -0.441. The van der Waals surface area contributed by atoms with Crippen molar-refractivity contribution < 1.29 is 41.9 Å². The summed E-state index contributed by atoms with van der Waals surface area (Å²) < 4.78 is 75.6. The number of morpholine rings is 1. The third-order valence-corrected chi connectivity index (χ3v) is 20.0. The molecule has 0 amide bonds. The van der Waals surface area contributed by atoms with Crippen LogP contribution >= 0.6 is 0 Å². The summed E-state index contributed by atoms with van der Waals surface area (Å²) in [4.78, 5) is 56.2. The van der Waals surface area contributed by atoms with Gasteiger partial charge in [0.15, 0.2) is 56.9 Å². The van der Waals surface area contributed by atoms with Gasteiger partial charge in [0.2, 0.25) is 0 Å². The molecule has 18 aromatic rings. The molecular weight excluding hydrogens is 1620 g/mol. The summed E-state index contributed by atoms with van der Waals surface area (Å²) in [5.74, 6) is 6.10. The Labute approximate surface area is 717 Å². The van der Waals surface area contributed by atoms with E-state index in [0.29, 0.717) is 128 Å². The summed E-state index contributed by atoms with van der Waals surface area (Å²) in [7, 11) is 14.0. The van der Waals surface area contributed by atoms with Crippen molar-refractivity contribution >= 4 is 107 Å². The zero-order valence-corrected chi connectivity index (χ0v) is 70.5. The lowest BCUT2D eigenvalue weighted by molar-refractivity contribution is 0.122. The molecule has 126 heavy (non-hydrogen) atoms. The Morgan fingerprint density at radius 1 is 0.381 bits per heavy atom. The van der Waals surface area contributed by atoms with E-state index in [1.807, 2.05) is 127 Å². The fraction of sp³-hybridized carbons (Fsp3) is 0.235. The molecule has 0 atom stereocenters. The van der Waals surface area contributed by atoms with Gasteiger partial charge >= 0.3 is 0 Å². The van der Waals surface area contributed by atoms with Crippen molar-refractivity contribution in [2.75, 3.05) is 99.6 Å². The van der Waals surface area contributed by atoms with Gasteiger partial charge in [-0.05, 0) is 106 Å². The van der Waals surface area contributed by atoms with Crippen molar-refractivity contribution in [2.24, 2.45) is 42.3 Å². The Bertz CT molecular complexity index is 6990. The van der Waals surface area contributed by atoms with Crippen molar-refractivity contribution in [1.82, 2.24) is 123 Å². The minimum Gasteiger partial charge on any atom is -0.497 e. The molecule has 0 aliphatic carbocycles. The summed E-state index contributed by atoms with van der Waals surface area (Å²) in [5.41, 5.74) is 48.7. The first-order valence-corrected chi connectivity index (χ1v) is 39.4. The molecule has 0 radical (unpaired) electrons. The Kier molecular flexibility index (Phi) is 24.9. The Morgan fingerprint density at radius 2 is 0.754 bits per heavy atom. The first kappa shape index (κ1) is 84.8. The van der Waals surface area contributed by atoms with Crippen molar-refractivity contribution in [3.8, 4) is 102 Å². The van der Waals surface area contributed by atoms with E-state index in [1.54, 1.807) is 74.4 Å². The summed E-state index contributed by atoms with van der Waals surface area (Å²) >= 11 is 0. The molecule has 20 rings (SSSR count). The molecule has 0 saturated carbocycles. The number of aromatic nitrogens is 25. The number of nitrogen functional groups attached to an aromatic ring is 6. The van der Waals surface area contributed by atoms with Gasteiger partial charge in [-0.1, -0.05) is 24.3 Å². The average Bonchev–Trinajstić information content (AvgIpc) is 1.56. The molecule has 1 saturated heterocycles. The van der Waals surface area contributed by atoms with Crippen molar-refractivity contribution in [1.29, 1.82) is 0 Å². The molecule has 0 unspecified atom stereocenters. The number of ether oxygens (including phenoxy) is 7. The molecule has 644 valence electrons. The third kappa shape index (κ3) is 17.8. The van der Waals surface area contributed by atoms with Crippen LogP contribution in [0.3, 0.4) is 0 Å². The van der Waals surface area contributed by atoms with Gasteiger partial charge in [-0.3, -0.25) is 0 Å². The molecule has 0 spiro atoms. The van der Waals surface area contributed by atoms with Crippen LogP contribution in [-0.4, -0.2) is 190 Å². The highest BCUT2D eigenvalue weighted by Crippen LogP contribution is 2.40. The first-order chi connectivity index (χ1) is 60.9. The summed E-state index contributed by atoms with van der Waals surface area (Å²) in [6.45, 7) is 10.7. The molecule has 15 heterocycles. The zero-order chi connectivity index (χ0) is 88.6. The van der Waals surface area contributed by atoms with Crippen LogP contribution in [0, 0.1) is 11.6 Å². The Morgan fingerprint density at radius 3 is 1.16 bits per heavy atom. The van der Waals surface area contributed by atoms with Crippen LogP contribution in [0.15, 0.2) is 159 Å². The summed E-state index contributed by atoms with van der Waals surface area (Å²) in [5, 5.41) is 31.0. The van der Waals surface area contributed by atoms with E-state index in [1.165, 1.54) is 63.3 Å². The molecular formula is C85H88F2N32O7. The fourth-order valence-electron chi connectivity index (χ4n) is 14.2. The quantitative estimate of drug-likeness (QED) is 0.0624. The van der Waals surface area contributed by atoms with Gasteiger partial charge in [0.1, 0.15) is 136 Å². The largest absolute Gasteiger partial charge is 0.497 e. The van der Waals surface area contributed by atoms with Crippen LogP contribution in [0.4, 0.5) is 49.5 Å². The second-order valence-corrected chi connectivity index (χ2v) is 28.7. The number of nitrogens with zero attached hydrogens (tertiary/aromatic N) is 26. The van der Waals surface area contributed by atoms with E-state index < -0.39 is 11.6 Å². The van der Waals surface area contributed by atoms with Gasteiger partial charge in [0, 0.05) is 107 Å². The highest BCUT2D eigenvalue weighted by molar-refractivity contribution is 6.03. The fourth-order valence-corrected chi connectivity index (χ4v) is 14.2. The number of nitrogens with two attached hydrogens (primary N) is 6. The third-order valence-electron chi connectivity index (χ3n) is 20.0. The van der Waals surface area contributed by atoms with Crippen LogP contribution in [0.2, 0.25) is 0 Å². The zero-order valence-electron chi connectivity index (χ0n) is 70.5. The van der Waals surface area contributed by atoms with Crippen molar-refractivity contribution in [3.63, 3.8) is 0 Å². The van der Waals surface area contributed by atoms with Crippen LogP contribution in [0.1, 0.15) is 27.2 Å². The number of halogens is 2. The van der Waals surface area contributed by atoms with Gasteiger partial charge in [-0.2, -0.15) is 30.6 Å². The van der Waals surface area contributed by atoms with Gasteiger partial charge < -0.3 is 72.5 Å². The number of hydrogen-bond acceptors (Lipinski definition) is 33. The Hall–Kier alpha value is -16.2. The lowest BCUT2D eigenvalue weighted by Crippen LogP contribution is -2.36. The average molecular weight is 1710 g/mol. The van der Waals surface area contributed by atoms with Gasteiger partial charge in [-0.15, -0.1) is 0 Å². The number of aryl methyl sites for hydroxylation is 6. The molecule has 13 aromatic heterocycles. The summed E-state index contributed by atoms with van der Waals surface area (Å²) in [6, 6.07) is 34.3. The second kappa shape index (κ2) is 37.0. The molecule has 39 nitrogen and oxygen atoms in total. The predicted octanol–water partition coefficient (Wildman–Crippen LogP) is 10.5. The smallest absolute Gasteiger partial charge is 0.165 e. The lowest BCUT2D eigenvalue weighted by atomic mass is 10.1. The maximum absolute atomic E-state index is 14.0. The molecule has 2 aliphatic heterocycles. The van der Waals surface area contributed by atoms with Gasteiger partial charge in [0.05, 0.1) is 85.7 Å². The number of methoxy groups -OCH3 is 2. The van der Waals surface area contributed by atoms with E-state index in [9.17, 15) is 8.78 Å². The van der Waals surface area contributed by atoms with E-state index in [2.05, 4.69) is 100 Å². The second-order valence-electron chi connectivity index (χ2n) is 28.7. The van der Waals surface area contributed by atoms with Crippen LogP contribution in [0.5, 0.6) is 34.5 Å². The maximum Gasteiger partial charge on any atom is 0.165 e. The van der Waals surface area contributed by atoms with Crippen LogP contribution in [-0.2, 0) is 47.0 Å². The number of pyridine rings is 1. The van der Waals surface area contributed by atoms with Crippen molar-refractivity contribution in [3.05, 3.63) is 171 Å². The topological polar surface area (TPSA) is 498 Å². The standard InChI is InChI=1S/C15H17N7O.C15H15N5O2.C15H17N5O.C14H14FN5O.C13H12FN5O.C13H13N5O/c1-21-15-12(14(16)18-9-19-15)13(20-21)10-2-3-11(17-8-10)22-4-6-23-7-5-22;1-20-15-12(14(16)17-8-18-15)13(19-20)9-3-4-10-11(7-9)22-6-2-5-21-10;1-9(2)21-11-6-4-5-10(7-11)13-12-14(16)17-8-18-15(12)20(3)19-13;1-3-21-10-5-4-8(6-9(10)15)12-11-13(16)17-7-18-14(11)20(2)19-12;1-19-13-10(12(15)16-6-17-13)11(18-19)7-3-8(14)5-9(4-7)20-2;1-18-13-10(12(14)15-7-16-13)11(17-18)8-4-3-5-9(6-8)19-2/h2-3,8-9H,4-7H2,1H3,(H2,16,18,19);3-4,7-8H,2,5-6H2,1H3,(H2,16,17,18);4-9H,1-3H3,(H2,16,17,18);4-7H,3H2,1-2H3,(H2,16,17,18);3-6H,1-2H3,(H2,15,16,17);3-7H,1-2H3,(H2,14,15,16). The van der Waals surface area contributed by atoms with Crippen LogP contribution in [0.25, 0.3) is 134 Å². The predicted molar refractivity (Wildman–Crippen MR) is 473 cm³/mol. The van der Waals surface area contributed by atoms with E-state index in [4.69, 9.17) is 67.6 Å². The monoisotopic (exact) mass is 1710 g/mol. The molecule has 2 aliphatic rings. The van der Waals surface area contributed by atoms with E-state index in [-0.39, 0.29) is 11.9 Å². The van der Waals surface area contributed by atoms with E-state index in [0.717, 1.165) is 128 Å². The minimum absolute atomic E-state index is 0.120. The van der Waals surface area contributed by atoms with Gasteiger partial charge in [-0.25, -0.2) is 102 Å². The van der Waals surface area contributed by atoms with Gasteiger partial charge in [0.25, 0.3) is 0 Å². The normalized spacial score (nSPS) is 12.3. The van der Waals surface area contributed by atoms with E-state index >= 15 is 0 Å². The highest BCUT2D eigenvalue weighted by Gasteiger charge is 2.25. The number of fused-ring (bicyclic) bond motifs is 7. The first-order valence-electron chi connectivity index (χ1n) is 39.4. The highest BCUT2D eigenvalue weighted by atomic mass is 19.1. The maximum atomic E-state index is 14.0. The SMILES string of the molecule is CC(C)Oc1cccc(-c2nn(C)c3ncnc(N)c23)c1.CCOc1ccc(-c2nn(C)c3ncnc(N)c23)cc1F.COc1cc(F)cc(-c2nn(C)c3ncnc(N)c23)c1.COc1cccc(-c2nn(C)c3ncnc(N)c23)c1.Cn1nc(-c2ccc(N3CCOCC3)nc2)c2c(N)ncnc21.Cn1nc(-c2ccc3c(c2)OCCCO3)c2c(N)ncnc21. The molecule has 1 fully saturated rings. The summed E-state index contributed by atoms with van der Waals surface area (Å²) in [6.07, 6.45) is 11.3. The molecule has 41 heteroatoms. The number of benzene rings is 5. The van der Waals surface area contributed by atoms with Crippen LogP contribution < -0.4 is 67.7 Å². The molecule has 0 bridgehead atoms. The number of rotatable bonds is 13. The molecule has 12 N–H and O–H groups in total. The number of hydrogen-bond donors (Lipinski definition) is 6. The molecule has 5 aromatic carbocycles. The number of anilines is 7. The Balaban J connectivity index is 0.000000117.